The average molecular weight is 785 g/mol. The summed E-state index contributed by atoms with van der Waals surface area (Å²) in [5, 5.41) is 39.8. The molecule has 322 valence electrons. The van der Waals surface area contributed by atoms with Crippen molar-refractivity contribution >= 4 is 17.9 Å². The van der Waals surface area contributed by atoms with E-state index in [0.29, 0.717) is 12.8 Å². The second-order valence-corrected chi connectivity index (χ2v) is 15.5. The first-order valence-corrected chi connectivity index (χ1v) is 22.2. The van der Waals surface area contributed by atoms with E-state index in [9.17, 15) is 34.8 Å². The molecule has 1 heterocycles. The minimum absolute atomic E-state index is 0.186. The van der Waals surface area contributed by atoms with Gasteiger partial charge in [0.05, 0.1) is 6.61 Å². The van der Waals surface area contributed by atoms with Gasteiger partial charge in [-0.05, 0) is 38.5 Å². The van der Waals surface area contributed by atoms with E-state index in [-0.39, 0.29) is 26.1 Å². The summed E-state index contributed by atoms with van der Waals surface area (Å²) in [6, 6.07) is 0. The quantitative estimate of drug-likeness (QED) is 0.0269. The molecule has 1 aliphatic rings. The van der Waals surface area contributed by atoms with E-state index in [1.807, 2.05) is 0 Å². The predicted octanol–water partition coefficient (Wildman–Crippen LogP) is 9.26. The van der Waals surface area contributed by atoms with Crippen LogP contribution in [0.2, 0.25) is 0 Å². The van der Waals surface area contributed by atoms with Crippen LogP contribution >= 0.6 is 0 Å². The Labute approximate surface area is 333 Å². The summed E-state index contributed by atoms with van der Waals surface area (Å²) < 4.78 is 21.7. The van der Waals surface area contributed by atoms with E-state index in [0.717, 1.165) is 57.8 Å². The Hall–Kier alpha value is -2.05. The van der Waals surface area contributed by atoms with Gasteiger partial charge >= 0.3 is 17.9 Å². The largest absolute Gasteiger partial charge is 0.479 e. The van der Waals surface area contributed by atoms with Crippen LogP contribution in [-0.4, -0.2) is 88.4 Å². The maximum Gasteiger partial charge on any atom is 0.335 e. The molecule has 1 aliphatic heterocycles. The topological polar surface area (TPSA) is 169 Å². The molecule has 0 aromatic rings. The normalized spacial score (nSPS) is 20.5. The van der Waals surface area contributed by atoms with E-state index in [4.69, 9.17) is 18.9 Å². The van der Waals surface area contributed by atoms with E-state index in [2.05, 4.69) is 26.0 Å². The van der Waals surface area contributed by atoms with Gasteiger partial charge < -0.3 is 39.4 Å². The molecular formula is C44H80O11. The van der Waals surface area contributed by atoms with Crippen LogP contribution in [0.4, 0.5) is 0 Å². The zero-order valence-corrected chi connectivity index (χ0v) is 34.7. The van der Waals surface area contributed by atoms with Gasteiger partial charge in [-0.15, -0.1) is 0 Å². The summed E-state index contributed by atoms with van der Waals surface area (Å²) in [6.45, 7) is 3.81. The molecule has 1 fully saturated rings. The fourth-order valence-corrected chi connectivity index (χ4v) is 6.81. The monoisotopic (exact) mass is 785 g/mol. The van der Waals surface area contributed by atoms with Gasteiger partial charge in [0.15, 0.2) is 18.5 Å². The van der Waals surface area contributed by atoms with Gasteiger partial charge in [0, 0.05) is 12.8 Å². The first-order valence-electron chi connectivity index (χ1n) is 22.2. The highest BCUT2D eigenvalue weighted by molar-refractivity contribution is 5.73. The maximum atomic E-state index is 12.7. The average Bonchev–Trinajstić information content (AvgIpc) is 3.17. The number of carboxylic acids is 1. The number of rotatable bonds is 37. The first kappa shape index (κ1) is 51.0. The number of aliphatic carboxylic acids is 1. The van der Waals surface area contributed by atoms with Gasteiger partial charge in [-0.3, -0.25) is 9.59 Å². The molecule has 11 heteroatoms. The number of carbonyl (C=O) groups is 3. The van der Waals surface area contributed by atoms with Gasteiger partial charge in [-0.25, -0.2) is 4.79 Å². The van der Waals surface area contributed by atoms with Crippen molar-refractivity contribution in [3.63, 3.8) is 0 Å². The molecule has 11 nitrogen and oxygen atoms in total. The van der Waals surface area contributed by atoms with Crippen LogP contribution < -0.4 is 0 Å². The first-order chi connectivity index (χ1) is 26.7. The summed E-state index contributed by atoms with van der Waals surface area (Å²) in [4.78, 5) is 36.8. The molecule has 0 amide bonds. The SMILES string of the molecule is CCCCCCCCC/C=C\CCCCCCCC(=O)OCC(COC1OC(C(=O)O)C(O)C(O)C1O)OC(=O)CCCCCCCCCCCCCCC. The molecule has 0 saturated carbocycles. The van der Waals surface area contributed by atoms with E-state index in [1.54, 1.807) is 0 Å². The summed E-state index contributed by atoms with van der Waals surface area (Å²) in [5.74, 6) is -2.44. The predicted molar refractivity (Wildman–Crippen MR) is 215 cm³/mol. The van der Waals surface area contributed by atoms with Crippen LogP contribution in [-0.2, 0) is 33.3 Å². The van der Waals surface area contributed by atoms with Crippen molar-refractivity contribution in [1.29, 1.82) is 0 Å². The lowest BCUT2D eigenvalue weighted by Gasteiger charge is -2.38. The molecular weight excluding hydrogens is 704 g/mol. The van der Waals surface area contributed by atoms with Crippen molar-refractivity contribution in [2.75, 3.05) is 13.2 Å². The van der Waals surface area contributed by atoms with Crippen LogP contribution in [0, 0.1) is 0 Å². The van der Waals surface area contributed by atoms with Crippen molar-refractivity contribution < 1.29 is 53.8 Å². The van der Waals surface area contributed by atoms with Crippen molar-refractivity contribution in [2.24, 2.45) is 0 Å². The Morgan fingerprint density at radius 2 is 0.964 bits per heavy atom. The van der Waals surface area contributed by atoms with Crippen molar-refractivity contribution in [3.8, 4) is 0 Å². The summed E-state index contributed by atoms with van der Waals surface area (Å²) in [7, 11) is 0. The van der Waals surface area contributed by atoms with Crippen LogP contribution in [0.3, 0.4) is 0 Å². The van der Waals surface area contributed by atoms with Gasteiger partial charge in [0.25, 0.3) is 0 Å². The molecule has 6 atom stereocenters. The second-order valence-electron chi connectivity index (χ2n) is 15.5. The summed E-state index contributed by atoms with van der Waals surface area (Å²) in [6.07, 6.45) is 26.9. The molecule has 0 bridgehead atoms. The molecule has 6 unspecified atom stereocenters. The highest BCUT2D eigenvalue weighted by Gasteiger charge is 2.47. The minimum Gasteiger partial charge on any atom is -0.479 e. The Kier molecular flexibility index (Phi) is 32.6. The lowest BCUT2D eigenvalue weighted by atomic mass is 9.99. The number of aliphatic hydroxyl groups is 3. The molecule has 0 aromatic heterocycles. The maximum absolute atomic E-state index is 12.7. The van der Waals surface area contributed by atoms with Gasteiger partial charge in [-0.2, -0.15) is 0 Å². The number of hydrogen-bond donors (Lipinski definition) is 4. The van der Waals surface area contributed by atoms with E-state index < -0.39 is 54.7 Å². The van der Waals surface area contributed by atoms with E-state index in [1.165, 1.54) is 103 Å². The van der Waals surface area contributed by atoms with Crippen LogP contribution in [0.15, 0.2) is 12.2 Å². The number of unbranched alkanes of at least 4 members (excludes halogenated alkanes) is 24. The van der Waals surface area contributed by atoms with Crippen LogP contribution in [0.5, 0.6) is 0 Å². The zero-order chi connectivity index (χ0) is 40.4. The number of aliphatic hydroxyl groups excluding tert-OH is 3. The molecule has 0 radical (unpaired) electrons. The fourth-order valence-electron chi connectivity index (χ4n) is 6.81. The molecule has 0 aromatic carbocycles. The number of hydrogen-bond acceptors (Lipinski definition) is 10. The lowest BCUT2D eigenvalue weighted by Crippen LogP contribution is -2.60. The third-order valence-electron chi connectivity index (χ3n) is 10.4. The van der Waals surface area contributed by atoms with Crippen LogP contribution in [0.1, 0.15) is 200 Å². The van der Waals surface area contributed by atoms with Crippen molar-refractivity contribution in [2.45, 2.75) is 237 Å². The Morgan fingerprint density at radius 1 is 0.545 bits per heavy atom. The van der Waals surface area contributed by atoms with Gasteiger partial charge in [0.1, 0.15) is 24.9 Å². The molecule has 55 heavy (non-hydrogen) atoms. The molecule has 0 spiro atoms. The number of carboxylic acid groups (broad SMARTS) is 1. The summed E-state index contributed by atoms with van der Waals surface area (Å²) in [5.41, 5.74) is 0. The van der Waals surface area contributed by atoms with E-state index >= 15 is 0 Å². The lowest BCUT2D eigenvalue weighted by molar-refractivity contribution is -0.298. The third-order valence-corrected chi connectivity index (χ3v) is 10.4. The van der Waals surface area contributed by atoms with Gasteiger partial charge in [-0.1, -0.05) is 161 Å². The molecule has 0 aliphatic carbocycles. The standard InChI is InChI=1S/C44H80O11/c1-3-5-7-9-11-13-15-17-18-19-21-22-24-26-28-30-32-37(45)52-34-36(35-53-44-41(49)39(47)40(48)42(55-44)43(50)51)54-38(46)33-31-29-27-25-23-20-16-14-12-10-8-6-4-2/h18-19,36,39-42,44,47-49H,3-17,20-35H2,1-2H3,(H,50,51)/b19-18-. The van der Waals surface area contributed by atoms with Crippen LogP contribution in [0.25, 0.3) is 0 Å². The van der Waals surface area contributed by atoms with Crippen molar-refractivity contribution in [1.82, 2.24) is 0 Å². The number of carbonyl (C=O) groups excluding carboxylic acids is 2. The number of esters is 2. The summed E-state index contributed by atoms with van der Waals surface area (Å²) >= 11 is 0. The zero-order valence-electron chi connectivity index (χ0n) is 34.7. The fraction of sp³-hybridized carbons (Fsp3) is 0.886. The minimum atomic E-state index is -1.86. The highest BCUT2D eigenvalue weighted by atomic mass is 16.7. The Morgan fingerprint density at radius 3 is 1.42 bits per heavy atom. The Bertz CT molecular complexity index is 973. The molecule has 1 saturated heterocycles. The number of ether oxygens (including phenoxy) is 4. The van der Waals surface area contributed by atoms with Crippen molar-refractivity contribution in [3.05, 3.63) is 12.2 Å². The number of allylic oxidation sites excluding steroid dienone is 2. The highest BCUT2D eigenvalue weighted by Crippen LogP contribution is 2.23. The molecule has 4 N–H and O–H groups in total. The van der Waals surface area contributed by atoms with Gasteiger partial charge in [0.2, 0.25) is 0 Å². The molecule has 1 rings (SSSR count). The Balaban J connectivity index is 2.37. The smallest absolute Gasteiger partial charge is 0.335 e. The second kappa shape index (κ2) is 35.1. The third kappa shape index (κ3) is 27.3.